The maximum atomic E-state index is 11.9. The van der Waals surface area contributed by atoms with Gasteiger partial charge in [0, 0.05) is 0 Å². The van der Waals surface area contributed by atoms with E-state index in [1.54, 1.807) is 13.0 Å². The lowest BCUT2D eigenvalue weighted by molar-refractivity contribution is -0.137. The number of Topliss-reactive ketones (excluding diaryl/α,β-unsaturated/α-hetero) is 1. The number of ketones is 1. The summed E-state index contributed by atoms with van der Waals surface area (Å²) in [5.41, 5.74) is 0.774. The Morgan fingerprint density at radius 3 is 2.72 bits per heavy atom. The van der Waals surface area contributed by atoms with Crippen molar-refractivity contribution in [1.82, 2.24) is 0 Å². The first-order valence-corrected chi connectivity index (χ1v) is 6.64. The van der Waals surface area contributed by atoms with Gasteiger partial charge in [0.1, 0.15) is 0 Å². The molecular formula is C13H11ClO3S. The highest BCUT2D eigenvalue weighted by Gasteiger charge is 2.23. The zero-order chi connectivity index (χ0) is 13.3. The summed E-state index contributed by atoms with van der Waals surface area (Å²) in [7, 11) is 0. The summed E-state index contributed by atoms with van der Waals surface area (Å²) in [5, 5.41) is 1.49. The number of carbonyl (C=O) groups excluding carboxylic acids is 2. The molecule has 0 aliphatic carbocycles. The van der Waals surface area contributed by atoms with E-state index in [1.165, 1.54) is 11.3 Å². The van der Waals surface area contributed by atoms with Crippen LogP contribution in [-0.4, -0.2) is 18.4 Å². The average Bonchev–Trinajstić information content (AvgIpc) is 2.68. The topological polar surface area (TPSA) is 43.4 Å². The lowest BCUT2D eigenvalue weighted by Gasteiger charge is -1.99. The van der Waals surface area contributed by atoms with Gasteiger partial charge in [-0.3, -0.25) is 4.79 Å². The molecule has 0 fully saturated rings. The molecule has 3 nitrogen and oxygen atoms in total. The summed E-state index contributed by atoms with van der Waals surface area (Å²) in [4.78, 5) is 23.8. The van der Waals surface area contributed by atoms with E-state index >= 15 is 0 Å². The minimum Gasteiger partial charge on any atom is -0.460 e. The molecule has 0 N–H and O–H groups in total. The number of carbonyl (C=O) groups is 2. The van der Waals surface area contributed by atoms with Crippen molar-refractivity contribution in [3.63, 3.8) is 0 Å². The van der Waals surface area contributed by atoms with E-state index < -0.39 is 11.8 Å². The Balaban J connectivity index is 2.52. The van der Waals surface area contributed by atoms with Crippen molar-refractivity contribution >= 4 is 44.8 Å². The minimum absolute atomic E-state index is 0.190. The van der Waals surface area contributed by atoms with Crippen LogP contribution in [0.5, 0.6) is 0 Å². The van der Waals surface area contributed by atoms with Gasteiger partial charge in [0.2, 0.25) is 0 Å². The van der Waals surface area contributed by atoms with Gasteiger partial charge in [-0.15, -0.1) is 11.3 Å². The van der Waals surface area contributed by atoms with Gasteiger partial charge in [-0.1, -0.05) is 23.7 Å². The molecule has 0 aliphatic rings. The Morgan fingerprint density at radius 1 is 1.39 bits per heavy atom. The van der Waals surface area contributed by atoms with Gasteiger partial charge in [0.05, 0.1) is 21.2 Å². The van der Waals surface area contributed by atoms with E-state index in [4.69, 9.17) is 16.3 Å². The van der Waals surface area contributed by atoms with E-state index in [0.717, 1.165) is 15.6 Å². The number of hydrogen-bond donors (Lipinski definition) is 0. The number of fused-ring (bicyclic) bond motifs is 1. The molecule has 1 aromatic heterocycles. The molecule has 0 amide bonds. The fraction of sp³-hybridized carbons (Fsp3) is 0.231. The molecule has 0 saturated carbocycles. The van der Waals surface area contributed by atoms with E-state index in [0.29, 0.717) is 9.90 Å². The zero-order valence-electron chi connectivity index (χ0n) is 9.95. The van der Waals surface area contributed by atoms with Crippen molar-refractivity contribution in [3.8, 4) is 0 Å². The summed E-state index contributed by atoms with van der Waals surface area (Å²) >= 11 is 7.30. The molecule has 18 heavy (non-hydrogen) atoms. The van der Waals surface area contributed by atoms with Crippen LogP contribution >= 0.6 is 22.9 Å². The molecule has 0 aliphatic heterocycles. The third-order valence-electron chi connectivity index (χ3n) is 2.58. The highest BCUT2D eigenvalue weighted by molar-refractivity contribution is 7.22. The normalized spacial score (nSPS) is 10.6. The second-order valence-corrected chi connectivity index (χ2v) is 5.15. The van der Waals surface area contributed by atoms with Crippen LogP contribution in [0.25, 0.3) is 10.1 Å². The van der Waals surface area contributed by atoms with Crippen LogP contribution in [0.3, 0.4) is 0 Å². The van der Waals surface area contributed by atoms with Crippen LogP contribution in [0.1, 0.15) is 22.2 Å². The lowest BCUT2D eigenvalue weighted by Crippen LogP contribution is -2.17. The van der Waals surface area contributed by atoms with Gasteiger partial charge in [-0.2, -0.15) is 0 Å². The summed E-state index contributed by atoms with van der Waals surface area (Å²) in [5.74, 6) is -1.42. The number of esters is 1. The fourth-order valence-electron chi connectivity index (χ4n) is 1.71. The molecule has 2 aromatic rings. The zero-order valence-corrected chi connectivity index (χ0v) is 11.5. The number of thiophene rings is 1. The van der Waals surface area contributed by atoms with E-state index in [2.05, 4.69) is 0 Å². The Labute approximate surface area is 113 Å². The van der Waals surface area contributed by atoms with Crippen LogP contribution in [-0.2, 0) is 9.53 Å². The fourth-order valence-corrected chi connectivity index (χ4v) is 3.14. The average molecular weight is 283 g/mol. The van der Waals surface area contributed by atoms with Crippen molar-refractivity contribution in [2.24, 2.45) is 0 Å². The van der Waals surface area contributed by atoms with Gasteiger partial charge in [-0.05, 0) is 30.9 Å². The standard InChI is InChI=1S/C13H11ClO3S/c1-3-17-13(16)10(15)11-7(2)8-5-4-6-9(14)12(8)18-11/h4-6H,3H2,1-2H3. The number of aryl methyl sites for hydroxylation is 1. The van der Waals surface area contributed by atoms with Crippen LogP contribution < -0.4 is 0 Å². The Bertz CT molecular complexity index is 630. The second kappa shape index (κ2) is 5.08. The molecule has 0 atom stereocenters. The Hall–Kier alpha value is -1.39. The summed E-state index contributed by atoms with van der Waals surface area (Å²) in [6.45, 7) is 3.66. The van der Waals surface area contributed by atoms with Crippen LogP contribution in [0, 0.1) is 6.92 Å². The predicted octanol–water partition coefficient (Wildman–Crippen LogP) is 3.61. The van der Waals surface area contributed by atoms with E-state index in [-0.39, 0.29) is 6.61 Å². The SMILES string of the molecule is CCOC(=O)C(=O)c1sc2c(Cl)cccc2c1C. The van der Waals surface area contributed by atoms with E-state index in [1.807, 2.05) is 19.1 Å². The van der Waals surface area contributed by atoms with Gasteiger partial charge in [-0.25, -0.2) is 4.79 Å². The number of benzene rings is 1. The summed E-state index contributed by atoms with van der Waals surface area (Å²) in [6, 6.07) is 5.47. The van der Waals surface area contributed by atoms with Crippen LogP contribution in [0.2, 0.25) is 5.02 Å². The largest absolute Gasteiger partial charge is 0.460 e. The van der Waals surface area contributed by atoms with Crippen LogP contribution in [0.15, 0.2) is 18.2 Å². The summed E-state index contributed by atoms with van der Waals surface area (Å²) < 4.78 is 5.55. The molecule has 94 valence electrons. The first-order valence-electron chi connectivity index (χ1n) is 5.45. The maximum Gasteiger partial charge on any atom is 0.380 e. The minimum atomic E-state index is -0.816. The van der Waals surface area contributed by atoms with Crippen LogP contribution in [0.4, 0.5) is 0 Å². The van der Waals surface area contributed by atoms with Gasteiger partial charge in [0.25, 0.3) is 5.78 Å². The molecule has 1 heterocycles. The molecule has 1 aromatic carbocycles. The highest BCUT2D eigenvalue weighted by atomic mass is 35.5. The lowest BCUT2D eigenvalue weighted by atomic mass is 10.1. The molecule has 0 bridgehead atoms. The molecule has 5 heteroatoms. The van der Waals surface area contributed by atoms with Crippen molar-refractivity contribution < 1.29 is 14.3 Å². The highest BCUT2D eigenvalue weighted by Crippen LogP contribution is 2.35. The van der Waals surface area contributed by atoms with Crippen molar-refractivity contribution in [1.29, 1.82) is 0 Å². The number of hydrogen-bond acceptors (Lipinski definition) is 4. The quantitative estimate of drug-likeness (QED) is 0.491. The molecule has 0 radical (unpaired) electrons. The Kier molecular flexibility index (Phi) is 3.68. The third-order valence-corrected chi connectivity index (χ3v) is 4.35. The van der Waals surface area contributed by atoms with Crippen molar-refractivity contribution in [2.45, 2.75) is 13.8 Å². The smallest absolute Gasteiger partial charge is 0.380 e. The van der Waals surface area contributed by atoms with Gasteiger partial charge >= 0.3 is 5.97 Å². The predicted molar refractivity (Wildman–Crippen MR) is 72.5 cm³/mol. The Morgan fingerprint density at radius 2 is 2.11 bits per heavy atom. The maximum absolute atomic E-state index is 11.9. The molecule has 0 unspecified atom stereocenters. The molecule has 0 spiro atoms. The molecular weight excluding hydrogens is 272 g/mol. The van der Waals surface area contributed by atoms with Gasteiger partial charge < -0.3 is 4.74 Å². The second-order valence-electron chi connectivity index (χ2n) is 3.72. The van der Waals surface area contributed by atoms with E-state index in [9.17, 15) is 9.59 Å². The van der Waals surface area contributed by atoms with Crippen molar-refractivity contribution in [2.75, 3.05) is 6.61 Å². The van der Waals surface area contributed by atoms with Crippen molar-refractivity contribution in [3.05, 3.63) is 33.7 Å². The number of halogens is 1. The summed E-state index contributed by atoms with van der Waals surface area (Å²) in [6.07, 6.45) is 0. The molecule has 0 saturated heterocycles. The first-order chi connectivity index (χ1) is 8.56. The third kappa shape index (κ3) is 2.13. The number of ether oxygens (including phenoxy) is 1. The monoisotopic (exact) mass is 282 g/mol. The number of rotatable bonds is 3. The van der Waals surface area contributed by atoms with Gasteiger partial charge in [0.15, 0.2) is 0 Å². The first kappa shape index (κ1) is 13.1. The molecule has 2 rings (SSSR count).